The molecule has 0 aliphatic heterocycles. The first-order valence-corrected chi connectivity index (χ1v) is 6.23. The van der Waals surface area contributed by atoms with Crippen LogP contribution in [-0.4, -0.2) is 44.1 Å². The molecule has 0 saturated carbocycles. The summed E-state index contributed by atoms with van der Waals surface area (Å²) in [5.41, 5.74) is 0.878. The van der Waals surface area contributed by atoms with Gasteiger partial charge in [-0.2, -0.15) is 0 Å². The molecule has 1 amide bonds. The predicted octanol–water partition coefficient (Wildman–Crippen LogP) is 1.73. The SMILES string of the molecule is COC(=O)/C=C/c1ccc(OCCN(C)C(C)=O)cc1. The Balaban J connectivity index is 2.45. The molecule has 5 nitrogen and oxygen atoms in total. The number of ether oxygens (including phenoxy) is 2. The molecular weight excluding hydrogens is 258 g/mol. The van der Waals surface area contributed by atoms with E-state index < -0.39 is 5.97 Å². The van der Waals surface area contributed by atoms with E-state index in [9.17, 15) is 9.59 Å². The first-order chi connectivity index (χ1) is 9.52. The molecular formula is C15H19NO4. The standard InChI is InChI=1S/C15H19NO4/c1-12(17)16(2)10-11-20-14-7-4-13(5-8-14)6-9-15(18)19-3/h4-9H,10-11H2,1-3H3/b9-6+. The summed E-state index contributed by atoms with van der Waals surface area (Å²) in [5, 5.41) is 0. The Morgan fingerprint density at radius 2 is 1.90 bits per heavy atom. The van der Waals surface area contributed by atoms with Crippen LogP contribution < -0.4 is 4.74 Å². The van der Waals surface area contributed by atoms with Crippen molar-refractivity contribution in [3.05, 3.63) is 35.9 Å². The van der Waals surface area contributed by atoms with Crippen LogP contribution in [0.4, 0.5) is 0 Å². The average molecular weight is 277 g/mol. The molecule has 0 atom stereocenters. The summed E-state index contributed by atoms with van der Waals surface area (Å²) >= 11 is 0. The largest absolute Gasteiger partial charge is 0.492 e. The van der Waals surface area contributed by atoms with Crippen molar-refractivity contribution in [1.29, 1.82) is 0 Å². The lowest BCUT2D eigenvalue weighted by molar-refractivity contribution is -0.134. The van der Waals surface area contributed by atoms with Crippen molar-refractivity contribution in [2.75, 3.05) is 27.3 Å². The van der Waals surface area contributed by atoms with E-state index in [1.54, 1.807) is 18.0 Å². The number of rotatable bonds is 6. The molecule has 0 fully saturated rings. The van der Waals surface area contributed by atoms with Crippen LogP contribution in [0.25, 0.3) is 6.08 Å². The number of carbonyl (C=O) groups excluding carboxylic acids is 2. The average Bonchev–Trinajstić information content (AvgIpc) is 2.45. The summed E-state index contributed by atoms with van der Waals surface area (Å²) in [6, 6.07) is 7.29. The number of carbonyl (C=O) groups is 2. The van der Waals surface area contributed by atoms with Crippen molar-refractivity contribution in [2.24, 2.45) is 0 Å². The molecule has 0 saturated heterocycles. The van der Waals surface area contributed by atoms with Gasteiger partial charge < -0.3 is 14.4 Å². The Bertz CT molecular complexity index is 479. The molecule has 0 N–H and O–H groups in total. The fraction of sp³-hybridized carbons (Fsp3) is 0.333. The molecule has 0 radical (unpaired) electrons. The third kappa shape index (κ3) is 5.56. The van der Waals surface area contributed by atoms with Crippen molar-refractivity contribution in [2.45, 2.75) is 6.92 Å². The number of hydrogen-bond acceptors (Lipinski definition) is 4. The third-order valence-corrected chi connectivity index (χ3v) is 2.73. The van der Waals surface area contributed by atoms with E-state index >= 15 is 0 Å². The molecule has 0 aliphatic rings. The summed E-state index contributed by atoms with van der Waals surface area (Å²) < 4.78 is 10.0. The van der Waals surface area contributed by atoms with E-state index in [0.717, 1.165) is 11.3 Å². The fourth-order valence-corrected chi connectivity index (χ4v) is 1.37. The van der Waals surface area contributed by atoms with E-state index in [2.05, 4.69) is 4.74 Å². The summed E-state index contributed by atoms with van der Waals surface area (Å²) in [7, 11) is 3.06. The molecule has 0 unspecified atom stereocenters. The van der Waals surface area contributed by atoms with E-state index in [1.807, 2.05) is 24.3 Å². The number of esters is 1. The highest BCUT2D eigenvalue weighted by Gasteiger charge is 2.01. The van der Waals surface area contributed by atoms with Gasteiger partial charge in [-0.05, 0) is 23.8 Å². The number of amides is 1. The monoisotopic (exact) mass is 277 g/mol. The number of nitrogens with zero attached hydrogens (tertiary/aromatic N) is 1. The lowest BCUT2D eigenvalue weighted by Crippen LogP contribution is -2.28. The molecule has 0 aromatic heterocycles. The Labute approximate surface area is 118 Å². The quantitative estimate of drug-likeness (QED) is 0.587. The van der Waals surface area contributed by atoms with Crippen molar-refractivity contribution < 1.29 is 19.1 Å². The maximum absolute atomic E-state index is 11.0. The van der Waals surface area contributed by atoms with Gasteiger partial charge in [0, 0.05) is 20.0 Å². The Morgan fingerprint density at radius 3 is 2.45 bits per heavy atom. The second kappa shape index (κ2) is 7.99. The van der Waals surface area contributed by atoms with Gasteiger partial charge in [0.15, 0.2) is 0 Å². The third-order valence-electron chi connectivity index (χ3n) is 2.73. The van der Waals surface area contributed by atoms with Crippen molar-refractivity contribution in [1.82, 2.24) is 4.90 Å². The normalized spacial score (nSPS) is 10.3. The second-order valence-corrected chi connectivity index (χ2v) is 4.21. The van der Waals surface area contributed by atoms with E-state index in [-0.39, 0.29) is 5.91 Å². The molecule has 0 heterocycles. The highest BCUT2D eigenvalue weighted by Crippen LogP contribution is 2.13. The molecule has 5 heteroatoms. The Kier molecular flexibility index (Phi) is 6.29. The van der Waals surface area contributed by atoms with Crippen LogP contribution >= 0.6 is 0 Å². The van der Waals surface area contributed by atoms with E-state index in [4.69, 9.17) is 4.74 Å². The summed E-state index contributed by atoms with van der Waals surface area (Å²) in [6.07, 6.45) is 3.02. The van der Waals surface area contributed by atoms with Crippen LogP contribution in [-0.2, 0) is 14.3 Å². The van der Waals surface area contributed by atoms with Crippen LogP contribution in [0.2, 0.25) is 0 Å². The molecule has 0 aliphatic carbocycles. The molecule has 1 aromatic rings. The molecule has 1 rings (SSSR count). The van der Waals surface area contributed by atoms with Crippen LogP contribution in [0, 0.1) is 0 Å². The Morgan fingerprint density at radius 1 is 1.25 bits per heavy atom. The van der Waals surface area contributed by atoms with Crippen molar-refractivity contribution >= 4 is 18.0 Å². The minimum Gasteiger partial charge on any atom is -0.492 e. The summed E-state index contributed by atoms with van der Waals surface area (Å²) in [5.74, 6) is 0.340. The highest BCUT2D eigenvalue weighted by molar-refractivity contribution is 5.86. The fourth-order valence-electron chi connectivity index (χ4n) is 1.37. The minimum atomic E-state index is -0.391. The van der Waals surface area contributed by atoms with Gasteiger partial charge in [0.2, 0.25) is 5.91 Å². The van der Waals surface area contributed by atoms with Gasteiger partial charge in [-0.3, -0.25) is 4.79 Å². The first-order valence-electron chi connectivity index (χ1n) is 6.23. The highest BCUT2D eigenvalue weighted by atomic mass is 16.5. The van der Waals surface area contributed by atoms with Gasteiger partial charge >= 0.3 is 5.97 Å². The lowest BCUT2D eigenvalue weighted by Gasteiger charge is -2.15. The van der Waals surface area contributed by atoms with E-state index in [0.29, 0.717) is 13.2 Å². The molecule has 0 bridgehead atoms. The van der Waals surface area contributed by atoms with Gasteiger partial charge in [-0.15, -0.1) is 0 Å². The van der Waals surface area contributed by atoms with Gasteiger partial charge in [-0.1, -0.05) is 12.1 Å². The number of likely N-dealkylation sites (N-methyl/N-ethyl adjacent to an activating group) is 1. The van der Waals surface area contributed by atoms with Crippen LogP contribution in [0.15, 0.2) is 30.3 Å². The topological polar surface area (TPSA) is 55.8 Å². The maximum Gasteiger partial charge on any atom is 0.330 e. The number of hydrogen-bond donors (Lipinski definition) is 0. The zero-order valence-corrected chi connectivity index (χ0v) is 12.0. The lowest BCUT2D eigenvalue weighted by atomic mass is 10.2. The van der Waals surface area contributed by atoms with Gasteiger partial charge in [0.05, 0.1) is 13.7 Å². The van der Waals surface area contributed by atoms with Crippen LogP contribution in [0.3, 0.4) is 0 Å². The zero-order valence-electron chi connectivity index (χ0n) is 12.0. The zero-order chi connectivity index (χ0) is 15.0. The predicted molar refractivity (Wildman–Crippen MR) is 76.3 cm³/mol. The van der Waals surface area contributed by atoms with Crippen LogP contribution in [0.5, 0.6) is 5.75 Å². The summed E-state index contributed by atoms with van der Waals surface area (Å²) in [6.45, 7) is 2.50. The molecule has 108 valence electrons. The molecule has 20 heavy (non-hydrogen) atoms. The molecule has 0 spiro atoms. The van der Waals surface area contributed by atoms with E-state index in [1.165, 1.54) is 20.1 Å². The first kappa shape index (κ1) is 15.8. The minimum absolute atomic E-state index is 0.0110. The summed E-state index contributed by atoms with van der Waals surface area (Å²) in [4.78, 5) is 23.5. The van der Waals surface area contributed by atoms with Crippen LogP contribution in [0.1, 0.15) is 12.5 Å². The van der Waals surface area contributed by atoms with Gasteiger partial charge in [0.25, 0.3) is 0 Å². The van der Waals surface area contributed by atoms with Crippen molar-refractivity contribution in [3.8, 4) is 5.75 Å². The van der Waals surface area contributed by atoms with Gasteiger partial charge in [-0.25, -0.2) is 4.79 Å². The Hall–Kier alpha value is -2.30. The smallest absolute Gasteiger partial charge is 0.330 e. The number of benzene rings is 1. The van der Waals surface area contributed by atoms with Crippen molar-refractivity contribution in [3.63, 3.8) is 0 Å². The maximum atomic E-state index is 11.0. The molecule has 1 aromatic carbocycles. The number of methoxy groups -OCH3 is 1. The second-order valence-electron chi connectivity index (χ2n) is 4.21. The van der Waals surface area contributed by atoms with Gasteiger partial charge in [0.1, 0.15) is 12.4 Å².